The van der Waals surface area contributed by atoms with Gasteiger partial charge in [-0.2, -0.15) is 13.2 Å². The third kappa shape index (κ3) is 2.87. The van der Waals surface area contributed by atoms with Crippen molar-refractivity contribution in [3.8, 4) is 0 Å². The summed E-state index contributed by atoms with van der Waals surface area (Å²) < 4.78 is 37.1. The predicted molar refractivity (Wildman–Crippen MR) is 60.2 cm³/mol. The van der Waals surface area contributed by atoms with Crippen LogP contribution >= 0.6 is 0 Å². The summed E-state index contributed by atoms with van der Waals surface area (Å²) in [5, 5.41) is 0. The molecule has 3 heteroatoms. The highest BCUT2D eigenvalue weighted by Crippen LogP contribution is 2.32. The van der Waals surface area contributed by atoms with Gasteiger partial charge in [-0.1, -0.05) is 44.7 Å². The number of rotatable bonds is 3. The Balaban J connectivity index is 2.91. The number of benzene rings is 1. The summed E-state index contributed by atoms with van der Waals surface area (Å²) in [7, 11) is 0. The van der Waals surface area contributed by atoms with E-state index in [1.807, 2.05) is 13.8 Å². The van der Waals surface area contributed by atoms with Gasteiger partial charge in [0.1, 0.15) is 0 Å². The van der Waals surface area contributed by atoms with E-state index in [0.29, 0.717) is 5.92 Å². The Morgan fingerprint density at radius 3 is 2.12 bits per heavy atom. The molecule has 0 bridgehead atoms. The molecular formula is C13H15F3. The molecule has 0 saturated carbocycles. The lowest BCUT2D eigenvalue weighted by atomic mass is 9.96. The topological polar surface area (TPSA) is 0 Å². The van der Waals surface area contributed by atoms with E-state index in [2.05, 4.69) is 6.58 Å². The fourth-order valence-corrected chi connectivity index (χ4v) is 1.41. The molecule has 0 radical (unpaired) electrons. The summed E-state index contributed by atoms with van der Waals surface area (Å²) in [4.78, 5) is 0. The molecule has 1 unspecified atom stereocenters. The lowest BCUT2D eigenvalue weighted by molar-refractivity contribution is -0.0686. The van der Waals surface area contributed by atoms with Gasteiger partial charge in [0.05, 0.1) is 5.57 Å². The van der Waals surface area contributed by atoms with Crippen LogP contribution in [0.5, 0.6) is 0 Å². The van der Waals surface area contributed by atoms with Crippen LogP contribution in [0.3, 0.4) is 0 Å². The zero-order chi connectivity index (χ0) is 12.3. The van der Waals surface area contributed by atoms with Gasteiger partial charge in [0.15, 0.2) is 0 Å². The minimum atomic E-state index is -4.35. The van der Waals surface area contributed by atoms with Crippen LogP contribution in [0.4, 0.5) is 13.2 Å². The molecule has 1 aromatic carbocycles. The van der Waals surface area contributed by atoms with Gasteiger partial charge in [-0.15, -0.1) is 0 Å². The molecular weight excluding hydrogens is 213 g/mol. The molecule has 0 spiro atoms. The fraction of sp³-hybridized carbons (Fsp3) is 0.385. The van der Waals surface area contributed by atoms with Crippen molar-refractivity contribution in [2.45, 2.75) is 32.4 Å². The quantitative estimate of drug-likeness (QED) is 0.698. The lowest BCUT2D eigenvalue weighted by Crippen LogP contribution is -2.09. The summed E-state index contributed by atoms with van der Waals surface area (Å²) in [5.41, 5.74) is 0.406. The zero-order valence-corrected chi connectivity index (χ0v) is 9.43. The van der Waals surface area contributed by atoms with E-state index in [-0.39, 0.29) is 5.56 Å². The zero-order valence-electron chi connectivity index (χ0n) is 9.43. The molecule has 0 amide bonds. The molecule has 0 saturated heterocycles. The van der Waals surface area contributed by atoms with Crippen molar-refractivity contribution in [2.24, 2.45) is 0 Å². The van der Waals surface area contributed by atoms with E-state index in [9.17, 15) is 13.2 Å². The molecule has 0 aliphatic carbocycles. The minimum Gasteiger partial charge on any atom is -0.166 e. The van der Waals surface area contributed by atoms with Crippen molar-refractivity contribution in [1.82, 2.24) is 0 Å². The molecule has 0 nitrogen and oxygen atoms in total. The third-order valence-electron chi connectivity index (χ3n) is 2.78. The number of allylic oxidation sites excluding steroid dienone is 1. The average molecular weight is 228 g/mol. The fourth-order valence-electron chi connectivity index (χ4n) is 1.41. The van der Waals surface area contributed by atoms with E-state index in [1.54, 1.807) is 12.1 Å². The second kappa shape index (κ2) is 4.73. The maximum absolute atomic E-state index is 12.4. The normalized spacial score (nSPS) is 13.6. The average Bonchev–Trinajstić information content (AvgIpc) is 2.26. The SMILES string of the molecule is C=C(c1ccc(C(C)CC)cc1)C(F)(F)F. The van der Waals surface area contributed by atoms with Crippen LogP contribution in [-0.4, -0.2) is 6.18 Å². The first-order valence-electron chi connectivity index (χ1n) is 5.22. The Morgan fingerprint density at radius 2 is 1.75 bits per heavy atom. The van der Waals surface area contributed by atoms with Gasteiger partial charge < -0.3 is 0 Å². The number of hydrogen-bond donors (Lipinski definition) is 0. The Hall–Kier alpha value is -1.25. The van der Waals surface area contributed by atoms with Crippen LogP contribution in [-0.2, 0) is 0 Å². The van der Waals surface area contributed by atoms with Crippen LogP contribution in [0, 0.1) is 0 Å². The maximum atomic E-state index is 12.4. The van der Waals surface area contributed by atoms with Crippen molar-refractivity contribution in [3.63, 3.8) is 0 Å². The molecule has 0 N–H and O–H groups in total. The lowest BCUT2D eigenvalue weighted by Gasteiger charge is -2.12. The van der Waals surface area contributed by atoms with Crippen molar-refractivity contribution >= 4 is 5.57 Å². The second-order valence-corrected chi connectivity index (χ2v) is 3.91. The first-order chi connectivity index (χ1) is 7.36. The van der Waals surface area contributed by atoms with Crippen molar-refractivity contribution < 1.29 is 13.2 Å². The standard InChI is InChI=1S/C13H15F3/c1-4-9(2)11-5-7-12(8-6-11)10(3)13(14,15)16/h5-9H,3-4H2,1-2H3. The monoisotopic (exact) mass is 228 g/mol. The first-order valence-corrected chi connectivity index (χ1v) is 5.22. The van der Waals surface area contributed by atoms with Crippen molar-refractivity contribution in [3.05, 3.63) is 42.0 Å². The van der Waals surface area contributed by atoms with Gasteiger partial charge in [0.2, 0.25) is 0 Å². The molecule has 0 fully saturated rings. The number of hydrogen-bond acceptors (Lipinski definition) is 0. The second-order valence-electron chi connectivity index (χ2n) is 3.91. The van der Waals surface area contributed by atoms with E-state index >= 15 is 0 Å². The molecule has 0 aliphatic heterocycles. The highest BCUT2D eigenvalue weighted by atomic mass is 19.4. The Labute approximate surface area is 93.8 Å². The highest BCUT2D eigenvalue weighted by molar-refractivity contribution is 5.67. The Morgan fingerprint density at radius 1 is 1.25 bits per heavy atom. The van der Waals surface area contributed by atoms with E-state index in [1.165, 1.54) is 12.1 Å². The maximum Gasteiger partial charge on any atom is 0.416 e. The van der Waals surface area contributed by atoms with E-state index in [4.69, 9.17) is 0 Å². The third-order valence-corrected chi connectivity index (χ3v) is 2.78. The minimum absolute atomic E-state index is 0.138. The van der Waals surface area contributed by atoms with E-state index in [0.717, 1.165) is 12.0 Å². The molecule has 1 rings (SSSR count). The van der Waals surface area contributed by atoms with Gasteiger partial charge in [-0.3, -0.25) is 0 Å². The van der Waals surface area contributed by atoms with Gasteiger partial charge in [-0.05, 0) is 23.5 Å². The molecule has 1 aromatic rings. The van der Waals surface area contributed by atoms with E-state index < -0.39 is 11.7 Å². The van der Waals surface area contributed by atoms with Crippen LogP contribution < -0.4 is 0 Å². The molecule has 0 aliphatic rings. The molecule has 0 aromatic heterocycles. The summed E-state index contributed by atoms with van der Waals surface area (Å²) in [6.07, 6.45) is -3.38. The van der Waals surface area contributed by atoms with Gasteiger partial charge >= 0.3 is 6.18 Å². The Bertz CT molecular complexity index is 360. The predicted octanol–water partition coefficient (Wildman–Crippen LogP) is 4.78. The largest absolute Gasteiger partial charge is 0.416 e. The number of alkyl halides is 3. The highest BCUT2D eigenvalue weighted by Gasteiger charge is 2.32. The number of halogens is 3. The van der Waals surface area contributed by atoms with Crippen LogP contribution in [0.1, 0.15) is 37.3 Å². The molecule has 16 heavy (non-hydrogen) atoms. The van der Waals surface area contributed by atoms with Crippen molar-refractivity contribution in [1.29, 1.82) is 0 Å². The molecule has 88 valence electrons. The van der Waals surface area contributed by atoms with Crippen LogP contribution in [0.15, 0.2) is 30.8 Å². The summed E-state index contributed by atoms with van der Waals surface area (Å²) in [5.74, 6) is 0.369. The van der Waals surface area contributed by atoms with Gasteiger partial charge in [0.25, 0.3) is 0 Å². The molecule has 1 atom stereocenters. The summed E-state index contributed by atoms with van der Waals surface area (Å²) in [6, 6.07) is 6.44. The Kier molecular flexibility index (Phi) is 3.79. The van der Waals surface area contributed by atoms with Gasteiger partial charge in [0, 0.05) is 0 Å². The van der Waals surface area contributed by atoms with Crippen LogP contribution in [0.2, 0.25) is 0 Å². The summed E-state index contributed by atoms with van der Waals surface area (Å²) in [6.45, 7) is 7.16. The van der Waals surface area contributed by atoms with Crippen LogP contribution in [0.25, 0.3) is 5.57 Å². The van der Waals surface area contributed by atoms with Crippen molar-refractivity contribution in [2.75, 3.05) is 0 Å². The van der Waals surface area contributed by atoms with Gasteiger partial charge in [-0.25, -0.2) is 0 Å². The molecule has 0 heterocycles. The summed E-state index contributed by atoms with van der Waals surface area (Å²) >= 11 is 0. The smallest absolute Gasteiger partial charge is 0.166 e. The first kappa shape index (κ1) is 12.8.